The number of amides is 1. The van der Waals surface area contributed by atoms with Gasteiger partial charge >= 0.3 is 0 Å². The number of nitrogens with zero attached hydrogens (tertiary/aromatic N) is 1. The Kier molecular flexibility index (Phi) is 7.63. The van der Waals surface area contributed by atoms with Crippen LogP contribution in [0.1, 0.15) is 52.5 Å². The summed E-state index contributed by atoms with van der Waals surface area (Å²) in [7, 11) is 0. The molecule has 1 N–H and O–H groups in total. The minimum Gasteiger partial charge on any atom is -0.356 e. The van der Waals surface area contributed by atoms with Gasteiger partial charge in [-0.1, -0.05) is 39.8 Å². The average Bonchev–Trinajstić information content (AvgIpc) is 2.57. The van der Waals surface area contributed by atoms with Crippen molar-refractivity contribution in [2.45, 2.75) is 53.4 Å². The van der Waals surface area contributed by atoms with Gasteiger partial charge < -0.3 is 10.2 Å². The minimum absolute atomic E-state index is 0.147. The quantitative estimate of drug-likeness (QED) is 0.786. The average molecular weight is 363 g/mol. The molecular formula is C22H35FN2O. The Morgan fingerprint density at radius 1 is 1.23 bits per heavy atom. The molecular weight excluding hydrogens is 327 g/mol. The molecule has 1 heterocycles. The van der Waals surface area contributed by atoms with E-state index in [1.807, 2.05) is 0 Å². The molecule has 1 aromatic rings. The van der Waals surface area contributed by atoms with Crippen molar-refractivity contribution in [2.24, 2.45) is 17.3 Å². The van der Waals surface area contributed by atoms with Crippen LogP contribution in [0, 0.1) is 23.1 Å². The van der Waals surface area contributed by atoms with E-state index in [1.165, 1.54) is 12.1 Å². The summed E-state index contributed by atoms with van der Waals surface area (Å²) in [5, 5.41) is 3.01. The molecule has 1 amide bonds. The second kappa shape index (κ2) is 9.50. The van der Waals surface area contributed by atoms with Crippen molar-refractivity contribution >= 4 is 5.91 Å². The second-order valence-electron chi connectivity index (χ2n) is 8.94. The minimum atomic E-state index is -0.221. The molecule has 0 spiro atoms. The van der Waals surface area contributed by atoms with Gasteiger partial charge in [0.1, 0.15) is 5.82 Å². The van der Waals surface area contributed by atoms with Crippen LogP contribution in [0.15, 0.2) is 24.3 Å². The number of halogens is 1. The van der Waals surface area contributed by atoms with Crippen LogP contribution in [-0.4, -0.2) is 37.0 Å². The van der Waals surface area contributed by atoms with Gasteiger partial charge in [0.2, 0.25) is 5.91 Å². The first-order valence-corrected chi connectivity index (χ1v) is 9.97. The van der Waals surface area contributed by atoms with Gasteiger partial charge in [-0.15, -0.1) is 0 Å². The molecule has 0 aliphatic carbocycles. The summed E-state index contributed by atoms with van der Waals surface area (Å²) in [5.41, 5.74) is 1.40. The molecule has 1 saturated heterocycles. The highest BCUT2D eigenvalue weighted by Crippen LogP contribution is 2.28. The van der Waals surface area contributed by atoms with Crippen molar-refractivity contribution in [1.29, 1.82) is 0 Å². The van der Waals surface area contributed by atoms with Gasteiger partial charge in [0.15, 0.2) is 0 Å². The van der Waals surface area contributed by atoms with Crippen LogP contribution in [0.5, 0.6) is 0 Å². The number of hydrogen-bond acceptors (Lipinski definition) is 2. The van der Waals surface area contributed by atoms with Crippen molar-refractivity contribution in [1.82, 2.24) is 10.2 Å². The van der Waals surface area contributed by atoms with E-state index in [-0.39, 0.29) is 11.7 Å². The number of rotatable bonds is 7. The summed E-state index contributed by atoms with van der Waals surface area (Å²) in [6, 6.07) is 6.47. The second-order valence-corrected chi connectivity index (χ2v) is 8.94. The summed E-state index contributed by atoms with van der Waals surface area (Å²) < 4.78 is 12.9. The molecule has 4 heteroatoms. The van der Waals surface area contributed by atoms with Gasteiger partial charge in [-0.3, -0.25) is 4.79 Å². The summed E-state index contributed by atoms with van der Waals surface area (Å²) in [5.74, 6) is 1.10. The van der Waals surface area contributed by atoms with E-state index in [4.69, 9.17) is 0 Å². The Morgan fingerprint density at radius 3 is 2.42 bits per heavy atom. The number of hydrogen-bond donors (Lipinski definition) is 1. The first-order chi connectivity index (χ1) is 12.2. The SMILES string of the molecule is CC(CN1CCC(CC(=O)NCCc2ccc(F)cc2)CC1)C(C)(C)C. The van der Waals surface area contributed by atoms with Crippen LogP contribution in [0.3, 0.4) is 0 Å². The Hall–Kier alpha value is -1.42. The van der Waals surface area contributed by atoms with E-state index in [2.05, 4.69) is 37.9 Å². The fourth-order valence-electron chi connectivity index (χ4n) is 3.37. The summed E-state index contributed by atoms with van der Waals surface area (Å²) in [6.07, 6.45) is 3.60. The van der Waals surface area contributed by atoms with Crippen LogP contribution in [0.2, 0.25) is 0 Å². The Morgan fingerprint density at radius 2 is 1.85 bits per heavy atom. The lowest BCUT2D eigenvalue weighted by Gasteiger charge is -2.37. The normalized spacial score (nSPS) is 17.9. The topological polar surface area (TPSA) is 32.3 Å². The molecule has 1 aliphatic heterocycles. The lowest BCUT2D eigenvalue weighted by molar-refractivity contribution is -0.122. The number of piperidine rings is 1. The Labute approximate surface area is 158 Å². The van der Waals surface area contributed by atoms with Crippen molar-refractivity contribution in [3.8, 4) is 0 Å². The van der Waals surface area contributed by atoms with E-state index in [9.17, 15) is 9.18 Å². The predicted octanol–water partition coefficient (Wildman–Crippen LogP) is 4.27. The molecule has 1 aliphatic rings. The zero-order valence-electron chi connectivity index (χ0n) is 16.9. The van der Waals surface area contributed by atoms with E-state index in [0.29, 0.717) is 30.2 Å². The van der Waals surface area contributed by atoms with Crippen LogP contribution in [0.4, 0.5) is 4.39 Å². The van der Waals surface area contributed by atoms with Crippen LogP contribution >= 0.6 is 0 Å². The maximum absolute atomic E-state index is 12.9. The fourth-order valence-corrected chi connectivity index (χ4v) is 3.37. The molecule has 1 aromatic carbocycles. The van der Waals surface area contributed by atoms with Crippen molar-refractivity contribution in [3.05, 3.63) is 35.6 Å². The smallest absolute Gasteiger partial charge is 0.220 e. The van der Waals surface area contributed by atoms with Crippen LogP contribution in [-0.2, 0) is 11.2 Å². The third-order valence-corrected chi connectivity index (χ3v) is 5.84. The largest absolute Gasteiger partial charge is 0.356 e. The lowest BCUT2D eigenvalue weighted by Crippen LogP contribution is -2.40. The molecule has 1 fully saturated rings. The first-order valence-electron chi connectivity index (χ1n) is 9.97. The van der Waals surface area contributed by atoms with E-state index in [1.54, 1.807) is 12.1 Å². The van der Waals surface area contributed by atoms with Crippen molar-refractivity contribution in [2.75, 3.05) is 26.2 Å². The number of likely N-dealkylation sites (tertiary alicyclic amines) is 1. The van der Waals surface area contributed by atoms with Gasteiger partial charge in [-0.25, -0.2) is 4.39 Å². The molecule has 0 saturated carbocycles. The number of nitrogens with one attached hydrogen (secondary N) is 1. The summed E-state index contributed by atoms with van der Waals surface area (Å²) in [6.45, 7) is 13.2. The molecule has 26 heavy (non-hydrogen) atoms. The highest BCUT2D eigenvalue weighted by molar-refractivity contribution is 5.76. The Bertz CT molecular complexity index is 557. The zero-order chi connectivity index (χ0) is 19.2. The molecule has 0 aromatic heterocycles. The van der Waals surface area contributed by atoms with Crippen molar-refractivity contribution in [3.63, 3.8) is 0 Å². The van der Waals surface area contributed by atoms with E-state index >= 15 is 0 Å². The van der Waals surface area contributed by atoms with E-state index < -0.39 is 0 Å². The molecule has 2 rings (SSSR count). The molecule has 1 atom stereocenters. The number of benzene rings is 1. The lowest BCUT2D eigenvalue weighted by atomic mass is 9.81. The predicted molar refractivity (Wildman–Crippen MR) is 106 cm³/mol. The fraction of sp³-hybridized carbons (Fsp3) is 0.682. The van der Waals surface area contributed by atoms with Gasteiger partial charge in [0.25, 0.3) is 0 Å². The van der Waals surface area contributed by atoms with Crippen LogP contribution in [0.25, 0.3) is 0 Å². The monoisotopic (exact) mass is 362 g/mol. The standard InChI is InChI=1S/C22H35FN2O/c1-17(22(2,3)4)16-25-13-10-19(11-14-25)15-21(26)24-12-9-18-5-7-20(23)8-6-18/h5-8,17,19H,9-16H2,1-4H3,(H,24,26). The van der Waals surface area contributed by atoms with Gasteiger partial charge in [0, 0.05) is 19.5 Å². The first kappa shape index (κ1) is 20.9. The number of carbonyl (C=O) groups excluding carboxylic acids is 1. The number of carbonyl (C=O) groups is 1. The maximum Gasteiger partial charge on any atom is 0.220 e. The zero-order valence-corrected chi connectivity index (χ0v) is 16.9. The van der Waals surface area contributed by atoms with Gasteiger partial charge in [0.05, 0.1) is 0 Å². The van der Waals surface area contributed by atoms with Gasteiger partial charge in [-0.05, 0) is 67.3 Å². The Balaban J connectivity index is 1.62. The summed E-state index contributed by atoms with van der Waals surface area (Å²) in [4.78, 5) is 14.7. The molecule has 3 nitrogen and oxygen atoms in total. The summed E-state index contributed by atoms with van der Waals surface area (Å²) >= 11 is 0. The highest BCUT2D eigenvalue weighted by Gasteiger charge is 2.26. The third kappa shape index (κ3) is 7.06. The molecule has 0 radical (unpaired) electrons. The van der Waals surface area contributed by atoms with E-state index in [0.717, 1.165) is 44.5 Å². The molecule has 1 unspecified atom stereocenters. The highest BCUT2D eigenvalue weighted by atomic mass is 19.1. The third-order valence-electron chi connectivity index (χ3n) is 5.84. The van der Waals surface area contributed by atoms with Gasteiger partial charge in [-0.2, -0.15) is 0 Å². The van der Waals surface area contributed by atoms with Crippen molar-refractivity contribution < 1.29 is 9.18 Å². The molecule has 0 bridgehead atoms. The molecule has 146 valence electrons. The maximum atomic E-state index is 12.9. The van der Waals surface area contributed by atoms with Crippen LogP contribution < -0.4 is 5.32 Å².